The average Bonchev–Trinajstić information content (AvgIpc) is 2.07. The Hall–Kier alpha value is -0.200. The van der Waals surface area contributed by atoms with Crippen molar-refractivity contribution in [3.63, 3.8) is 0 Å². The van der Waals surface area contributed by atoms with Crippen LogP contribution in [0.5, 0.6) is 0 Å². The second-order valence-corrected chi connectivity index (χ2v) is 2.92. The van der Waals surface area contributed by atoms with Crippen molar-refractivity contribution in [2.45, 2.75) is 18.5 Å². The highest BCUT2D eigenvalue weighted by Crippen LogP contribution is 2.18. The Balaban J connectivity index is 2.46. The van der Waals surface area contributed by atoms with Gasteiger partial charge in [0.05, 0.1) is 19.3 Å². The standard InChI is InChI=1S/C7H14O5/c1-11-2-4-3-12-7(10)6(9)5(4)8/h4-10H,2-3H2,1H3. The van der Waals surface area contributed by atoms with Crippen LogP contribution in [0.4, 0.5) is 0 Å². The highest BCUT2D eigenvalue weighted by Gasteiger charge is 2.37. The van der Waals surface area contributed by atoms with E-state index in [1.54, 1.807) is 0 Å². The third-order valence-corrected chi connectivity index (χ3v) is 1.99. The zero-order valence-corrected chi connectivity index (χ0v) is 6.88. The Labute approximate surface area is 70.5 Å². The molecule has 1 fully saturated rings. The van der Waals surface area contributed by atoms with Gasteiger partial charge in [-0.2, -0.15) is 0 Å². The lowest BCUT2D eigenvalue weighted by atomic mass is 9.96. The van der Waals surface area contributed by atoms with Gasteiger partial charge in [-0.15, -0.1) is 0 Å². The summed E-state index contributed by atoms with van der Waals surface area (Å²) in [5.41, 5.74) is 0. The third kappa shape index (κ3) is 1.94. The summed E-state index contributed by atoms with van der Waals surface area (Å²) in [6, 6.07) is 0. The summed E-state index contributed by atoms with van der Waals surface area (Å²) >= 11 is 0. The maximum Gasteiger partial charge on any atom is 0.183 e. The zero-order chi connectivity index (χ0) is 9.14. The Bertz CT molecular complexity index is 140. The summed E-state index contributed by atoms with van der Waals surface area (Å²) in [4.78, 5) is 0. The van der Waals surface area contributed by atoms with E-state index in [4.69, 9.17) is 19.7 Å². The van der Waals surface area contributed by atoms with E-state index in [-0.39, 0.29) is 12.5 Å². The lowest BCUT2D eigenvalue weighted by molar-refractivity contribution is -0.244. The van der Waals surface area contributed by atoms with Gasteiger partial charge in [-0.3, -0.25) is 0 Å². The molecule has 5 heteroatoms. The smallest absolute Gasteiger partial charge is 0.183 e. The molecule has 3 N–H and O–H groups in total. The Morgan fingerprint density at radius 3 is 2.58 bits per heavy atom. The summed E-state index contributed by atoms with van der Waals surface area (Å²) in [6.07, 6.45) is -3.50. The van der Waals surface area contributed by atoms with Crippen molar-refractivity contribution in [2.75, 3.05) is 20.3 Å². The molecular formula is C7H14O5. The number of hydrogen-bond donors (Lipinski definition) is 3. The van der Waals surface area contributed by atoms with Crippen molar-refractivity contribution in [3.8, 4) is 0 Å². The number of aliphatic hydroxyl groups is 3. The molecule has 5 nitrogen and oxygen atoms in total. The summed E-state index contributed by atoms with van der Waals surface area (Å²) < 4.78 is 9.59. The lowest BCUT2D eigenvalue weighted by Crippen LogP contribution is -2.51. The van der Waals surface area contributed by atoms with Gasteiger partial charge in [0.25, 0.3) is 0 Å². The van der Waals surface area contributed by atoms with Crippen LogP contribution in [0, 0.1) is 5.92 Å². The molecule has 1 aliphatic heterocycles. The fourth-order valence-corrected chi connectivity index (χ4v) is 1.23. The van der Waals surface area contributed by atoms with E-state index < -0.39 is 18.5 Å². The van der Waals surface area contributed by atoms with Crippen molar-refractivity contribution < 1.29 is 24.8 Å². The first kappa shape index (κ1) is 9.88. The molecule has 0 aromatic rings. The van der Waals surface area contributed by atoms with E-state index in [2.05, 4.69) is 0 Å². The summed E-state index contributed by atoms with van der Waals surface area (Å²) in [7, 11) is 1.50. The minimum atomic E-state index is -1.28. The van der Waals surface area contributed by atoms with E-state index in [1.807, 2.05) is 0 Å². The molecule has 0 amide bonds. The van der Waals surface area contributed by atoms with Crippen molar-refractivity contribution >= 4 is 0 Å². The summed E-state index contributed by atoms with van der Waals surface area (Å²) in [5, 5.41) is 27.5. The van der Waals surface area contributed by atoms with Gasteiger partial charge in [-0.25, -0.2) is 0 Å². The average molecular weight is 178 g/mol. The first-order valence-electron chi connectivity index (χ1n) is 3.81. The molecule has 4 unspecified atom stereocenters. The van der Waals surface area contributed by atoms with E-state index in [0.717, 1.165) is 0 Å². The summed E-state index contributed by atoms with van der Waals surface area (Å²) in [5.74, 6) is -0.270. The number of methoxy groups -OCH3 is 1. The van der Waals surface area contributed by atoms with Crippen LogP contribution in [0.15, 0.2) is 0 Å². The molecule has 12 heavy (non-hydrogen) atoms. The molecule has 0 aromatic heterocycles. The van der Waals surface area contributed by atoms with Gasteiger partial charge in [0.1, 0.15) is 6.10 Å². The molecular weight excluding hydrogens is 164 g/mol. The predicted molar refractivity (Wildman–Crippen MR) is 39.3 cm³/mol. The number of ether oxygens (including phenoxy) is 2. The normalized spacial score (nSPS) is 43.0. The molecule has 1 rings (SSSR count). The fraction of sp³-hybridized carbons (Fsp3) is 1.00. The first-order chi connectivity index (χ1) is 5.66. The van der Waals surface area contributed by atoms with Gasteiger partial charge in [0.2, 0.25) is 0 Å². The lowest BCUT2D eigenvalue weighted by Gasteiger charge is -2.34. The Morgan fingerprint density at radius 1 is 1.33 bits per heavy atom. The van der Waals surface area contributed by atoms with Crippen LogP contribution in [-0.2, 0) is 9.47 Å². The zero-order valence-electron chi connectivity index (χ0n) is 6.88. The van der Waals surface area contributed by atoms with Crippen LogP contribution in [-0.4, -0.2) is 54.1 Å². The number of aliphatic hydroxyl groups excluding tert-OH is 3. The Kier molecular flexibility index (Phi) is 3.42. The maximum absolute atomic E-state index is 9.37. The second-order valence-electron chi connectivity index (χ2n) is 2.92. The van der Waals surface area contributed by atoms with E-state index >= 15 is 0 Å². The molecule has 0 spiro atoms. The first-order valence-corrected chi connectivity index (χ1v) is 3.81. The van der Waals surface area contributed by atoms with Gasteiger partial charge in [-0.1, -0.05) is 0 Å². The van der Waals surface area contributed by atoms with Gasteiger partial charge in [-0.05, 0) is 0 Å². The van der Waals surface area contributed by atoms with E-state index in [0.29, 0.717) is 6.61 Å². The monoisotopic (exact) mass is 178 g/mol. The van der Waals surface area contributed by atoms with E-state index in [9.17, 15) is 5.11 Å². The van der Waals surface area contributed by atoms with Crippen molar-refractivity contribution in [2.24, 2.45) is 5.92 Å². The molecule has 0 bridgehead atoms. The minimum absolute atomic E-state index is 0.202. The van der Waals surface area contributed by atoms with Gasteiger partial charge in [0.15, 0.2) is 6.29 Å². The molecule has 72 valence electrons. The molecule has 4 atom stereocenters. The third-order valence-electron chi connectivity index (χ3n) is 1.99. The molecule has 0 aromatic carbocycles. The molecule has 0 saturated carbocycles. The quantitative estimate of drug-likeness (QED) is 0.470. The van der Waals surface area contributed by atoms with E-state index in [1.165, 1.54) is 7.11 Å². The van der Waals surface area contributed by atoms with Crippen molar-refractivity contribution in [1.29, 1.82) is 0 Å². The van der Waals surface area contributed by atoms with Crippen LogP contribution in [0.3, 0.4) is 0 Å². The number of hydrogen-bond acceptors (Lipinski definition) is 5. The highest BCUT2D eigenvalue weighted by atomic mass is 16.6. The van der Waals surface area contributed by atoms with Crippen LogP contribution < -0.4 is 0 Å². The van der Waals surface area contributed by atoms with Crippen LogP contribution in [0.1, 0.15) is 0 Å². The SMILES string of the molecule is COCC1COC(O)C(O)C1O. The largest absolute Gasteiger partial charge is 0.390 e. The van der Waals surface area contributed by atoms with Crippen LogP contribution in [0.2, 0.25) is 0 Å². The Morgan fingerprint density at radius 2 is 2.00 bits per heavy atom. The summed E-state index contributed by atoms with van der Waals surface area (Å²) in [6.45, 7) is 0.512. The number of rotatable bonds is 2. The van der Waals surface area contributed by atoms with Crippen molar-refractivity contribution in [1.82, 2.24) is 0 Å². The minimum Gasteiger partial charge on any atom is -0.390 e. The second kappa shape index (κ2) is 4.15. The van der Waals surface area contributed by atoms with Crippen LogP contribution >= 0.6 is 0 Å². The van der Waals surface area contributed by atoms with Gasteiger partial charge in [0, 0.05) is 13.0 Å². The molecule has 0 radical (unpaired) electrons. The molecule has 0 aliphatic carbocycles. The topological polar surface area (TPSA) is 79.2 Å². The molecule has 1 aliphatic rings. The highest BCUT2D eigenvalue weighted by molar-refractivity contribution is 4.81. The predicted octanol–water partition coefficient (Wildman–Crippen LogP) is -1.68. The van der Waals surface area contributed by atoms with Gasteiger partial charge < -0.3 is 24.8 Å². The fourth-order valence-electron chi connectivity index (χ4n) is 1.23. The van der Waals surface area contributed by atoms with Gasteiger partial charge >= 0.3 is 0 Å². The van der Waals surface area contributed by atoms with Crippen LogP contribution in [0.25, 0.3) is 0 Å². The van der Waals surface area contributed by atoms with Crippen molar-refractivity contribution in [3.05, 3.63) is 0 Å². The molecule has 1 saturated heterocycles. The molecule has 1 heterocycles. The maximum atomic E-state index is 9.37.